The number of carbonyl (C=O) groups is 1. The van der Waals surface area contributed by atoms with Gasteiger partial charge >= 0.3 is 5.97 Å². The highest BCUT2D eigenvalue weighted by atomic mass is 79.9. The lowest BCUT2D eigenvalue weighted by Crippen LogP contribution is -2.24. The Bertz CT molecular complexity index is 662. The summed E-state index contributed by atoms with van der Waals surface area (Å²) in [4.78, 5) is 12.2. The van der Waals surface area contributed by atoms with Gasteiger partial charge in [0.2, 0.25) is 0 Å². The van der Waals surface area contributed by atoms with Crippen molar-refractivity contribution in [3.63, 3.8) is 0 Å². The van der Waals surface area contributed by atoms with E-state index < -0.39 is 17.8 Å². The first-order chi connectivity index (χ1) is 11.1. The van der Waals surface area contributed by atoms with E-state index in [0.717, 1.165) is 15.6 Å². The number of nitriles is 1. The lowest BCUT2D eigenvalue weighted by Gasteiger charge is -2.22. The fourth-order valence-electron chi connectivity index (χ4n) is 2.41. The molecule has 0 N–H and O–H groups in total. The Kier molecular flexibility index (Phi) is 6.20. The minimum absolute atomic E-state index is 0.241. The number of rotatable bonds is 5. The van der Waals surface area contributed by atoms with Crippen molar-refractivity contribution in [1.82, 2.24) is 0 Å². The Balaban J connectivity index is 2.50. The van der Waals surface area contributed by atoms with Gasteiger partial charge in [-0.25, -0.2) is 0 Å². The van der Waals surface area contributed by atoms with Crippen LogP contribution in [0.2, 0.25) is 5.02 Å². The predicted molar refractivity (Wildman–Crippen MR) is 93.2 cm³/mol. The second-order valence-electron chi connectivity index (χ2n) is 4.94. The Hall–Kier alpha value is -1.83. The molecule has 0 aliphatic rings. The lowest BCUT2D eigenvalue weighted by atomic mass is 9.81. The molecule has 0 spiro atoms. The number of hydrogen-bond acceptors (Lipinski definition) is 3. The summed E-state index contributed by atoms with van der Waals surface area (Å²) >= 11 is 9.34. The van der Waals surface area contributed by atoms with Gasteiger partial charge < -0.3 is 4.74 Å². The zero-order valence-corrected chi connectivity index (χ0v) is 14.8. The topological polar surface area (TPSA) is 50.1 Å². The number of ether oxygens (including phenoxy) is 1. The molecular weight excluding hydrogens is 378 g/mol. The summed E-state index contributed by atoms with van der Waals surface area (Å²) in [5, 5.41) is 10.1. The van der Waals surface area contributed by atoms with Gasteiger partial charge in [-0.1, -0.05) is 51.8 Å². The molecule has 2 atom stereocenters. The summed E-state index contributed by atoms with van der Waals surface area (Å²) < 4.78 is 6.00. The molecule has 0 fully saturated rings. The van der Waals surface area contributed by atoms with E-state index in [4.69, 9.17) is 16.3 Å². The van der Waals surface area contributed by atoms with Gasteiger partial charge in [0, 0.05) is 15.4 Å². The van der Waals surface area contributed by atoms with Crippen LogP contribution >= 0.6 is 27.5 Å². The van der Waals surface area contributed by atoms with Crippen LogP contribution in [-0.2, 0) is 9.53 Å². The third-order valence-corrected chi connectivity index (χ3v) is 4.25. The molecule has 3 nitrogen and oxygen atoms in total. The van der Waals surface area contributed by atoms with E-state index in [-0.39, 0.29) is 6.61 Å². The molecule has 0 saturated heterocycles. The van der Waals surface area contributed by atoms with Gasteiger partial charge in [-0.05, 0) is 42.3 Å². The van der Waals surface area contributed by atoms with Gasteiger partial charge in [0.25, 0.3) is 0 Å². The number of esters is 1. The molecule has 0 aliphatic heterocycles. The van der Waals surface area contributed by atoms with Crippen LogP contribution in [0.1, 0.15) is 24.0 Å². The molecule has 0 heterocycles. The zero-order chi connectivity index (χ0) is 16.8. The molecule has 2 rings (SSSR count). The van der Waals surface area contributed by atoms with E-state index in [0.29, 0.717) is 5.02 Å². The van der Waals surface area contributed by atoms with Crippen LogP contribution in [0.15, 0.2) is 53.0 Å². The number of nitrogens with zero attached hydrogens (tertiary/aromatic N) is 1. The van der Waals surface area contributed by atoms with Crippen molar-refractivity contribution in [2.75, 3.05) is 6.61 Å². The molecule has 118 valence electrons. The number of benzene rings is 2. The predicted octanol–water partition coefficient (Wildman–Crippen LogP) is 4.94. The van der Waals surface area contributed by atoms with Crippen LogP contribution in [0.4, 0.5) is 0 Å². The molecule has 5 heteroatoms. The van der Waals surface area contributed by atoms with Crippen molar-refractivity contribution in [2.24, 2.45) is 5.92 Å². The quantitative estimate of drug-likeness (QED) is 0.677. The molecule has 0 radical (unpaired) electrons. The van der Waals surface area contributed by atoms with Crippen molar-refractivity contribution in [3.05, 3.63) is 69.2 Å². The third-order valence-electron chi connectivity index (χ3n) is 3.47. The molecule has 0 amide bonds. The van der Waals surface area contributed by atoms with E-state index >= 15 is 0 Å². The van der Waals surface area contributed by atoms with Gasteiger partial charge in [-0.2, -0.15) is 5.26 Å². The highest BCUT2D eigenvalue weighted by Gasteiger charge is 2.32. The molecule has 2 aromatic rings. The molecule has 0 bridgehead atoms. The Morgan fingerprint density at radius 3 is 2.17 bits per heavy atom. The minimum Gasteiger partial charge on any atom is -0.465 e. The van der Waals surface area contributed by atoms with Crippen molar-refractivity contribution < 1.29 is 9.53 Å². The normalized spacial score (nSPS) is 13.0. The summed E-state index contributed by atoms with van der Waals surface area (Å²) in [6.07, 6.45) is 0. The second kappa shape index (κ2) is 8.14. The highest BCUT2D eigenvalue weighted by molar-refractivity contribution is 9.10. The monoisotopic (exact) mass is 391 g/mol. The molecule has 2 aromatic carbocycles. The Morgan fingerprint density at radius 2 is 1.70 bits per heavy atom. The largest absolute Gasteiger partial charge is 0.465 e. The standard InChI is InChI=1S/C18H15BrClNO2/c1-2-23-18(22)16(11-21)17(12-3-7-14(19)8-4-12)13-5-9-15(20)10-6-13/h3-10,16-17H,2H2,1H3. The van der Waals surface area contributed by atoms with Crippen LogP contribution in [0.5, 0.6) is 0 Å². The van der Waals surface area contributed by atoms with Gasteiger partial charge in [0.1, 0.15) is 0 Å². The number of halogens is 2. The molecule has 0 saturated carbocycles. The van der Waals surface area contributed by atoms with Crippen LogP contribution in [0, 0.1) is 17.2 Å². The van der Waals surface area contributed by atoms with E-state index in [2.05, 4.69) is 22.0 Å². The maximum Gasteiger partial charge on any atom is 0.324 e. The van der Waals surface area contributed by atoms with E-state index in [1.807, 2.05) is 36.4 Å². The molecule has 23 heavy (non-hydrogen) atoms. The molecule has 0 aromatic heterocycles. The van der Waals surface area contributed by atoms with Crippen LogP contribution in [0.3, 0.4) is 0 Å². The Labute approximate surface area is 149 Å². The average molecular weight is 393 g/mol. The number of hydrogen-bond donors (Lipinski definition) is 0. The van der Waals surface area contributed by atoms with E-state index in [9.17, 15) is 10.1 Å². The van der Waals surface area contributed by atoms with Gasteiger partial charge in [-0.3, -0.25) is 4.79 Å². The molecule has 2 unspecified atom stereocenters. The van der Waals surface area contributed by atoms with Crippen molar-refractivity contribution in [2.45, 2.75) is 12.8 Å². The van der Waals surface area contributed by atoms with E-state index in [1.54, 1.807) is 19.1 Å². The first kappa shape index (κ1) is 17.5. The first-order valence-electron chi connectivity index (χ1n) is 7.14. The highest BCUT2D eigenvalue weighted by Crippen LogP contribution is 2.34. The fourth-order valence-corrected chi connectivity index (χ4v) is 2.80. The fraction of sp³-hybridized carbons (Fsp3) is 0.222. The smallest absolute Gasteiger partial charge is 0.324 e. The average Bonchev–Trinajstić information content (AvgIpc) is 2.55. The van der Waals surface area contributed by atoms with Crippen LogP contribution in [-0.4, -0.2) is 12.6 Å². The summed E-state index contributed by atoms with van der Waals surface area (Å²) in [6, 6.07) is 16.8. The SMILES string of the molecule is CCOC(=O)C(C#N)C(c1ccc(Cl)cc1)c1ccc(Br)cc1. The summed E-state index contributed by atoms with van der Waals surface area (Å²) in [6.45, 7) is 1.97. The lowest BCUT2D eigenvalue weighted by molar-refractivity contribution is -0.146. The summed E-state index contributed by atoms with van der Waals surface area (Å²) in [7, 11) is 0. The van der Waals surface area contributed by atoms with Crippen molar-refractivity contribution in [3.8, 4) is 6.07 Å². The van der Waals surface area contributed by atoms with E-state index in [1.165, 1.54) is 0 Å². The van der Waals surface area contributed by atoms with Gasteiger partial charge in [-0.15, -0.1) is 0 Å². The summed E-state index contributed by atoms with van der Waals surface area (Å²) in [5.41, 5.74) is 1.71. The summed E-state index contributed by atoms with van der Waals surface area (Å²) in [5.74, 6) is -1.85. The maximum absolute atomic E-state index is 12.2. The minimum atomic E-state index is -0.919. The molecule has 0 aliphatic carbocycles. The van der Waals surface area contributed by atoms with Crippen molar-refractivity contribution >= 4 is 33.5 Å². The number of carbonyl (C=O) groups excluding carboxylic acids is 1. The third kappa shape index (κ3) is 4.34. The Morgan fingerprint density at radius 1 is 1.17 bits per heavy atom. The van der Waals surface area contributed by atoms with Gasteiger partial charge in [0.05, 0.1) is 12.7 Å². The first-order valence-corrected chi connectivity index (χ1v) is 8.31. The molecular formula is C18H15BrClNO2. The maximum atomic E-state index is 12.2. The van der Waals surface area contributed by atoms with Crippen LogP contribution < -0.4 is 0 Å². The second-order valence-corrected chi connectivity index (χ2v) is 6.29. The van der Waals surface area contributed by atoms with Gasteiger partial charge in [0.15, 0.2) is 5.92 Å². The van der Waals surface area contributed by atoms with Crippen molar-refractivity contribution in [1.29, 1.82) is 5.26 Å². The van der Waals surface area contributed by atoms with Crippen LogP contribution in [0.25, 0.3) is 0 Å². The zero-order valence-electron chi connectivity index (χ0n) is 12.5.